The van der Waals surface area contributed by atoms with E-state index in [-0.39, 0.29) is 0 Å². The molecule has 0 saturated heterocycles. The minimum absolute atomic E-state index is 0.340. The number of rotatable bonds is 2. The minimum atomic E-state index is 0.340. The third-order valence-corrected chi connectivity index (χ3v) is 4.79. The highest BCUT2D eigenvalue weighted by molar-refractivity contribution is 5.51. The Bertz CT molecular complexity index is 727. The van der Waals surface area contributed by atoms with Crippen molar-refractivity contribution in [2.24, 2.45) is 0 Å². The number of likely N-dealkylation sites (N-methyl/N-ethyl adjacent to an activating group) is 1. The quantitative estimate of drug-likeness (QED) is 0.920. The first kappa shape index (κ1) is 16.7. The number of phenolic OH excluding ortho intramolecular Hbond substituents is 1. The van der Waals surface area contributed by atoms with Crippen molar-refractivity contribution in [1.29, 1.82) is 0 Å². The maximum absolute atomic E-state index is 9.83. The van der Waals surface area contributed by atoms with Gasteiger partial charge in [-0.15, -0.1) is 0 Å². The molecular formula is C20H25NO3. The number of fused-ring (bicyclic) bond motifs is 2. The lowest BCUT2D eigenvalue weighted by Gasteiger charge is -2.24. The van der Waals surface area contributed by atoms with Gasteiger partial charge >= 0.3 is 0 Å². The molecule has 1 aliphatic rings. The average Bonchev–Trinajstić information content (AvgIpc) is 2.59. The van der Waals surface area contributed by atoms with Crippen LogP contribution in [0.15, 0.2) is 30.3 Å². The average molecular weight is 327 g/mol. The molecule has 0 saturated carbocycles. The number of aryl methyl sites for hydroxylation is 2. The predicted molar refractivity (Wildman–Crippen MR) is 95.1 cm³/mol. The molecule has 0 radical (unpaired) electrons. The van der Waals surface area contributed by atoms with Crippen molar-refractivity contribution in [3.8, 4) is 17.2 Å². The van der Waals surface area contributed by atoms with Gasteiger partial charge in [0.25, 0.3) is 0 Å². The fourth-order valence-electron chi connectivity index (χ4n) is 3.46. The molecule has 0 aromatic heterocycles. The Morgan fingerprint density at radius 2 is 1.67 bits per heavy atom. The van der Waals surface area contributed by atoms with E-state index < -0.39 is 0 Å². The van der Waals surface area contributed by atoms with Gasteiger partial charge in [0.2, 0.25) is 0 Å². The first-order valence-electron chi connectivity index (χ1n) is 8.34. The summed E-state index contributed by atoms with van der Waals surface area (Å²) in [5.41, 5.74) is 5.02. The molecule has 0 atom stereocenters. The topological polar surface area (TPSA) is 41.9 Å². The standard InChI is InChI=1S/C20H25NO3/c1-21-11-10-14-6-8-17(22)12-16(14)5-4-15-7-9-19(23-2)20(24-3)18(15)13-21/h6-9,12,22H,4-5,10-11,13H2,1-3H3. The lowest BCUT2D eigenvalue weighted by atomic mass is 9.93. The lowest BCUT2D eigenvalue weighted by Crippen LogP contribution is -2.23. The van der Waals surface area contributed by atoms with Gasteiger partial charge in [-0.05, 0) is 61.2 Å². The predicted octanol–water partition coefficient (Wildman–Crippen LogP) is 3.18. The van der Waals surface area contributed by atoms with Crippen molar-refractivity contribution in [3.63, 3.8) is 0 Å². The zero-order chi connectivity index (χ0) is 17.1. The van der Waals surface area contributed by atoms with Crippen LogP contribution in [0.5, 0.6) is 17.2 Å². The molecule has 1 heterocycles. The zero-order valence-electron chi connectivity index (χ0n) is 14.6. The third-order valence-electron chi connectivity index (χ3n) is 4.79. The van der Waals surface area contributed by atoms with Crippen LogP contribution in [0.1, 0.15) is 22.3 Å². The van der Waals surface area contributed by atoms with Gasteiger partial charge in [-0.25, -0.2) is 0 Å². The molecular weight excluding hydrogens is 302 g/mol. The van der Waals surface area contributed by atoms with Gasteiger partial charge in [-0.3, -0.25) is 0 Å². The van der Waals surface area contributed by atoms with E-state index in [2.05, 4.69) is 24.1 Å². The smallest absolute Gasteiger partial charge is 0.165 e. The number of benzene rings is 2. The molecule has 1 aliphatic heterocycles. The van der Waals surface area contributed by atoms with Crippen LogP contribution in [-0.2, 0) is 25.8 Å². The molecule has 0 fully saturated rings. The van der Waals surface area contributed by atoms with Crippen molar-refractivity contribution in [1.82, 2.24) is 4.90 Å². The monoisotopic (exact) mass is 327 g/mol. The largest absolute Gasteiger partial charge is 0.508 e. The van der Waals surface area contributed by atoms with Crippen LogP contribution in [0.3, 0.4) is 0 Å². The van der Waals surface area contributed by atoms with E-state index in [1.807, 2.05) is 12.1 Å². The summed E-state index contributed by atoms with van der Waals surface area (Å²) in [5.74, 6) is 1.95. The molecule has 0 aliphatic carbocycles. The van der Waals surface area contributed by atoms with Crippen molar-refractivity contribution in [3.05, 3.63) is 52.6 Å². The van der Waals surface area contributed by atoms with Crippen LogP contribution in [-0.4, -0.2) is 37.8 Å². The van der Waals surface area contributed by atoms with E-state index in [1.54, 1.807) is 20.3 Å². The number of nitrogens with zero attached hydrogens (tertiary/aromatic N) is 1. The van der Waals surface area contributed by atoms with Crippen molar-refractivity contribution in [2.45, 2.75) is 25.8 Å². The Labute approximate surface area is 143 Å². The maximum Gasteiger partial charge on any atom is 0.165 e. The lowest BCUT2D eigenvalue weighted by molar-refractivity contribution is 0.309. The highest BCUT2D eigenvalue weighted by Crippen LogP contribution is 2.35. The Hall–Kier alpha value is -2.20. The highest BCUT2D eigenvalue weighted by Gasteiger charge is 2.18. The Morgan fingerprint density at radius 3 is 2.42 bits per heavy atom. The summed E-state index contributed by atoms with van der Waals surface area (Å²) in [5, 5.41) is 9.83. The maximum atomic E-state index is 9.83. The number of hydrogen-bond donors (Lipinski definition) is 1. The summed E-state index contributed by atoms with van der Waals surface area (Å²) >= 11 is 0. The molecule has 0 amide bonds. The highest BCUT2D eigenvalue weighted by atomic mass is 16.5. The van der Waals surface area contributed by atoms with E-state index >= 15 is 0 Å². The van der Waals surface area contributed by atoms with Crippen LogP contribution < -0.4 is 9.47 Å². The molecule has 1 N–H and O–H groups in total. The van der Waals surface area contributed by atoms with E-state index in [0.717, 1.165) is 43.9 Å². The molecule has 128 valence electrons. The number of hydrogen-bond acceptors (Lipinski definition) is 4. The van der Waals surface area contributed by atoms with Crippen LogP contribution >= 0.6 is 0 Å². The second kappa shape index (κ2) is 7.14. The number of phenols is 1. The van der Waals surface area contributed by atoms with E-state index in [0.29, 0.717) is 5.75 Å². The minimum Gasteiger partial charge on any atom is -0.508 e. The molecule has 4 heteroatoms. The number of ether oxygens (including phenoxy) is 2. The van der Waals surface area contributed by atoms with Crippen LogP contribution in [0, 0.1) is 0 Å². The van der Waals surface area contributed by atoms with Gasteiger partial charge in [-0.1, -0.05) is 12.1 Å². The molecule has 0 unspecified atom stereocenters. The van der Waals surface area contributed by atoms with Gasteiger partial charge in [0.15, 0.2) is 11.5 Å². The van der Waals surface area contributed by atoms with Gasteiger partial charge in [-0.2, -0.15) is 0 Å². The van der Waals surface area contributed by atoms with Crippen molar-refractivity contribution >= 4 is 0 Å². The van der Waals surface area contributed by atoms with Crippen LogP contribution in [0.4, 0.5) is 0 Å². The Balaban J connectivity index is 2.03. The summed E-state index contributed by atoms with van der Waals surface area (Å²) in [6, 6.07) is 9.85. The molecule has 0 spiro atoms. The van der Waals surface area contributed by atoms with Crippen molar-refractivity contribution in [2.75, 3.05) is 27.8 Å². The van der Waals surface area contributed by atoms with Gasteiger partial charge in [0.05, 0.1) is 14.2 Å². The van der Waals surface area contributed by atoms with Gasteiger partial charge in [0.1, 0.15) is 5.75 Å². The first-order chi connectivity index (χ1) is 11.6. The summed E-state index contributed by atoms with van der Waals surface area (Å²) in [4.78, 5) is 2.31. The SMILES string of the molecule is COc1ccc2c(c1OC)CN(C)CCc1ccc(O)cc1CC2. The van der Waals surface area contributed by atoms with Gasteiger partial charge in [0, 0.05) is 18.7 Å². The summed E-state index contributed by atoms with van der Waals surface area (Å²) < 4.78 is 11.1. The second-order valence-corrected chi connectivity index (χ2v) is 6.38. The Morgan fingerprint density at radius 1 is 0.917 bits per heavy atom. The summed E-state index contributed by atoms with van der Waals surface area (Å²) in [7, 11) is 5.50. The fourth-order valence-corrected chi connectivity index (χ4v) is 3.46. The third kappa shape index (κ3) is 3.34. The first-order valence-corrected chi connectivity index (χ1v) is 8.34. The zero-order valence-corrected chi connectivity index (χ0v) is 14.6. The molecule has 24 heavy (non-hydrogen) atoms. The molecule has 4 nitrogen and oxygen atoms in total. The van der Waals surface area contributed by atoms with E-state index in [1.165, 1.54) is 22.3 Å². The van der Waals surface area contributed by atoms with E-state index in [9.17, 15) is 5.11 Å². The summed E-state index contributed by atoms with van der Waals surface area (Å²) in [6.07, 6.45) is 2.81. The molecule has 0 bridgehead atoms. The van der Waals surface area contributed by atoms with Gasteiger partial charge < -0.3 is 19.5 Å². The Kier molecular flexibility index (Phi) is 4.95. The molecule has 3 rings (SSSR count). The van der Waals surface area contributed by atoms with Crippen LogP contribution in [0.25, 0.3) is 0 Å². The molecule has 2 aromatic rings. The summed E-state index contributed by atoms with van der Waals surface area (Å²) in [6.45, 7) is 1.79. The fraction of sp³-hybridized carbons (Fsp3) is 0.400. The number of methoxy groups -OCH3 is 2. The van der Waals surface area contributed by atoms with E-state index in [4.69, 9.17) is 9.47 Å². The van der Waals surface area contributed by atoms with Crippen LogP contribution in [0.2, 0.25) is 0 Å². The number of aromatic hydroxyl groups is 1. The molecule has 2 aromatic carbocycles. The normalized spacial score (nSPS) is 15.3. The van der Waals surface area contributed by atoms with Crippen molar-refractivity contribution < 1.29 is 14.6 Å². The second-order valence-electron chi connectivity index (χ2n) is 6.38.